The van der Waals surface area contributed by atoms with E-state index in [1.54, 1.807) is 0 Å². The summed E-state index contributed by atoms with van der Waals surface area (Å²) in [5.41, 5.74) is 23.5. The molecule has 0 heterocycles. The van der Waals surface area contributed by atoms with Crippen LogP contribution in [0.4, 0.5) is 17.1 Å². The summed E-state index contributed by atoms with van der Waals surface area (Å²) in [4.78, 5) is 2.59. The molecule has 2 aliphatic rings. The summed E-state index contributed by atoms with van der Waals surface area (Å²) in [5.74, 6) is 0. The van der Waals surface area contributed by atoms with Gasteiger partial charge < -0.3 is 4.90 Å². The van der Waals surface area contributed by atoms with Gasteiger partial charge in [-0.3, -0.25) is 0 Å². The Morgan fingerprint density at radius 3 is 1.41 bits per heavy atom. The van der Waals surface area contributed by atoms with E-state index in [1.165, 1.54) is 88.7 Å². The van der Waals surface area contributed by atoms with Crippen LogP contribution in [0.5, 0.6) is 0 Å². The van der Waals surface area contributed by atoms with Gasteiger partial charge in [0.05, 0.1) is 22.5 Å². The number of hydrogen-bond donors (Lipinski definition) is 0. The van der Waals surface area contributed by atoms with Crippen LogP contribution >= 0.6 is 0 Å². The van der Waals surface area contributed by atoms with Gasteiger partial charge in [-0.1, -0.05) is 267 Å². The van der Waals surface area contributed by atoms with Gasteiger partial charge in [0.2, 0.25) is 0 Å². The number of para-hydroxylation sites is 2. The van der Waals surface area contributed by atoms with E-state index < -0.39 is 5.41 Å². The lowest BCUT2D eigenvalue weighted by atomic mass is 9.67. The number of rotatable bonds is 9. The third-order valence-corrected chi connectivity index (χ3v) is 16.2. The lowest BCUT2D eigenvalue weighted by Gasteiger charge is -2.34. The maximum atomic E-state index is 2.59. The number of nitrogens with zero attached hydrogens (tertiary/aromatic N) is 1. The van der Waals surface area contributed by atoms with Gasteiger partial charge in [0, 0.05) is 22.1 Å². The minimum absolute atomic E-state index is 0.388. The molecule has 1 heteroatoms. The van der Waals surface area contributed by atoms with E-state index in [0.29, 0.717) is 0 Å². The van der Waals surface area contributed by atoms with Gasteiger partial charge in [-0.15, -0.1) is 0 Å². The molecular weight excluding hydrogens is 891 g/mol. The molecule has 0 radical (unpaired) electrons. The molecule has 0 saturated heterocycles. The Labute approximate surface area is 434 Å². The second kappa shape index (κ2) is 17.5. The van der Waals surface area contributed by atoms with E-state index in [1.807, 2.05) is 0 Å². The Balaban J connectivity index is 1.06. The molecule has 0 amide bonds. The molecule has 0 N–H and O–H groups in total. The fraction of sp³-hybridized carbons (Fsp3) is 0.0411. The van der Waals surface area contributed by atoms with Crippen molar-refractivity contribution >= 4 is 27.8 Å². The summed E-state index contributed by atoms with van der Waals surface area (Å²) >= 11 is 0. The predicted molar refractivity (Wildman–Crippen MR) is 310 cm³/mol. The van der Waals surface area contributed by atoms with Crippen LogP contribution in [0.3, 0.4) is 0 Å². The lowest BCUT2D eigenvalue weighted by Crippen LogP contribution is -2.28. The summed E-state index contributed by atoms with van der Waals surface area (Å²) in [7, 11) is 0. The van der Waals surface area contributed by atoms with Crippen molar-refractivity contribution in [1.29, 1.82) is 0 Å². The molecule has 0 spiro atoms. The third kappa shape index (κ3) is 6.50. The monoisotopic (exact) mass is 941 g/mol. The van der Waals surface area contributed by atoms with Crippen LogP contribution in [0.15, 0.2) is 291 Å². The highest BCUT2D eigenvalue weighted by Crippen LogP contribution is 2.60. The van der Waals surface area contributed by atoms with Crippen LogP contribution in [0, 0.1) is 0 Å². The number of fused-ring (bicyclic) bond motifs is 7. The molecule has 1 unspecified atom stereocenters. The van der Waals surface area contributed by atoms with Crippen molar-refractivity contribution < 1.29 is 0 Å². The van der Waals surface area contributed by atoms with Gasteiger partial charge in [0.1, 0.15) is 0 Å². The predicted octanol–water partition coefficient (Wildman–Crippen LogP) is 19.0. The maximum Gasteiger partial charge on any atom is 0.0713 e. The average molecular weight is 942 g/mol. The largest absolute Gasteiger partial charge is 0.309 e. The van der Waals surface area contributed by atoms with Gasteiger partial charge >= 0.3 is 0 Å². The van der Waals surface area contributed by atoms with Gasteiger partial charge in [-0.2, -0.15) is 0 Å². The first-order valence-electron chi connectivity index (χ1n) is 25.8. The van der Waals surface area contributed by atoms with Crippen LogP contribution in [-0.4, -0.2) is 0 Å². The van der Waals surface area contributed by atoms with Crippen molar-refractivity contribution in [3.05, 3.63) is 330 Å². The highest BCUT2D eigenvalue weighted by Gasteiger charge is 2.47. The second-order valence-corrected chi connectivity index (χ2v) is 20.0. The van der Waals surface area contributed by atoms with E-state index in [0.717, 1.165) is 33.8 Å². The molecule has 12 aromatic carbocycles. The van der Waals surface area contributed by atoms with Gasteiger partial charge in [-0.25, -0.2) is 0 Å². The molecule has 14 rings (SSSR count). The van der Waals surface area contributed by atoms with Crippen molar-refractivity contribution in [2.45, 2.75) is 17.8 Å². The Morgan fingerprint density at radius 2 is 0.730 bits per heavy atom. The highest BCUT2D eigenvalue weighted by atomic mass is 15.2. The van der Waals surface area contributed by atoms with E-state index in [2.05, 4.69) is 303 Å². The molecule has 1 nitrogen and oxygen atoms in total. The van der Waals surface area contributed by atoms with Gasteiger partial charge in [0.25, 0.3) is 0 Å². The molecule has 2 aliphatic carbocycles. The Morgan fingerprint density at radius 1 is 0.270 bits per heavy atom. The quantitative estimate of drug-likeness (QED) is 0.139. The molecule has 0 saturated carbocycles. The summed E-state index contributed by atoms with van der Waals surface area (Å²) in [6.45, 7) is 2.42. The van der Waals surface area contributed by atoms with Crippen molar-refractivity contribution in [3.63, 3.8) is 0 Å². The van der Waals surface area contributed by atoms with E-state index >= 15 is 0 Å². The molecular formula is C73H51N. The first-order chi connectivity index (χ1) is 36.6. The van der Waals surface area contributed by atoms with Crippen LogP contribution in [-0.2, 0) is 10.8 Å². The summed E-state index contributed by atoms with van der Waals surface area (Å²) in [5, 5.41) is 2.44. The fourth-order valence-corrected chi connectivity index (χ4v) is 13.0. The fourth-order valence-electron chi connectivity index (χ4n) is 13.0. The average Bonchev–Trinajstić information content (AvgIpc) is 3.94. The third-order valence-electron chi connectivity index (χ3n) is 16.2. The molecule has 74 heavy (non-hydrogen) atoms. The van der Waals surface area contributed by atoms with Crippen molar-refractivity contribution in [2.24, 2.45) is 0 Å². The summed E-state index contributed by atoms with van der Waals surface area (Å²) in [6, 6.07) is 108. The first kappa shape index (κ1) is 43.5. The van der Waals surface area contributed by atoms with Crippen LogP contribution in [0.25, 0.3) is 66.4 Å². The van der Waals surface area contributed by atoms with E-state index in [4.69, 9.17) is 0 Å². The molecule has 0 aromatic heterocycles. The Kier molecular flexibility index (Phi) is 10.3. The summed E-state index contributed by atoms with van der Waals surface area (Å²) < 4.78 is 0. The van der Waals surface area contributed by atoms with Gasteiger partial charge in [0.15, 0.2) is 0 Å². The minimum atomic E-state index is -0.539. The Bertz CT molecular complexity index is 4040. The molecule has 0 aliphatic heterocycles. The molecule has 0 bridgehead atoms. The zero-order valence-corrected chi connectivity index (χ0v) is 41.2. The van der Waals surface area contributed by atoms with Crippen molar-refractivity contribution in [1.82, 2.24) is 0 Å². The zero-order valence-electron chi connectivity index (χ0n) is 41.2. The minimum Gasteiger partial charge on any atom is -0.309 e. The topological polar surface area (TPSA) is 3.24 Å². The first-order valence-corrected chi connectivity index (χ1v) is 25.8. The summed E-state index contributed by atoms with van der Waals surface area (Å²) in [6.07, 6.45) is 0. The van der Waals surface area contributed by atoms with Crippen LogP contribution < -0.4 is 4.90 Å². The number of hydrogen-bond acceptors (Lipinski definition) is 1. The molecule has 12 aromatic rings. The molecule has 1 atom stereocenters. The Hall–Kier alpha value is -9.30. The van der Waals surface area contributed by atoms with Gasteiger partial charge in [-0.05, 0) is 120 Å². The smallest absolute Gasteiger partial charge is 0.0713 e. The van der Waals surface area contributed by atoms with E-state index in [-0.39, 0.29) is 5.41 Å². The normalized spacial score (nSPS) is 14.7. The molecule has 0 fully saturated rings. The highest BCUT2D eigenvalue weighted by molar-refractivity contribution is 6.10. The van der Waals surface area contributed by atoms with E-state index in [9.17, 15) is 0 Å². The van der Waals surface area contributed by atoms with Crippen molar-refractivity contribution in [2.75, 3.05) is 4.90 Å². The second-order valence-electron chi connectivity index (χ2n) is 20.0. The SMILES string of the molecule is CC1(c2ccccc2)c2ccccc2-c2c(N(c3ccccc3-c3ccc4c(c3)C(c3ccccc3)(c3ccccc3)c3ccccc3-4)c3ccccc3-c3cccc4cccc(-c5ccccc5)c34)cccc21. The number of anilines is 3. The lowest BCUT2D eigenvalue weighted by molar-refractivity contribution is 0.714. The van der Waals surface area contributed by atoms with Crippen molar-refractivity contribution in [3.8, 4) is 55.6 Å². The van der Waals surface area contributed by atoms with Crippen LogP contribution in [0.2, 0.25) is 0 Å². The standard InChI is InChI=1S/C73H51N/c1-72(53-29-8-3-9-30-53)63-41-18-15-38-62(63)71-65(72)43-24-46-69(71)74(68-45-21-17-37-60(68)61-40-23-28-51-27-22-39-57(70(51)61)50-25-6-2-7-26-50)67-44-20-16-35-56(67)52-47-48-59-58-36-14-19-42-64(58)73(66(59)49-52,54-31-10-4-11-32-54)55-33-12-5-13-34-55/h2-49H,1H3. The zero-order chi connectivity index (χ0) is 49.2. The molecule has 348 valence electrons. The maximum absolute atomic E-state index is 2.59. The number of benzene rings is 12. The van der Waals surface area contributed by atoms with Crippen LogP contribution in [0.1, 0.15) is 45.9 Å².